The average molecular weight is 438 g/mol. The molecule has 2 aromatic heterocycles. The Morgan fingerprint density at radius 2 is 2.03 bits per heavy atom. The van der Waals surface area contributed by atoms with Crippen LogP contribution in [0, 0.1) is 18.7 Å². The molecule has 2 N–H and O–H groups in total. The lowest BCUT2D eigenvalue weighted by Crippen LogP contribution is -2.49. The first-order valence-corrected chi connectivity index (χ1v) is 11.3. The molecule has 5 rings (SSSR count). The van der Waals surface area contributed by atoms with E-state index < -0.39 is 5.82 Å². The molecule has 0 amide bonds. The number of aryl methyl sites for hydroxylation is 1. The zero-order chi connectivity index (χ0) is 21.9. The first-order valence-electron chi connectivity index (χ1n) is 11.3. The number of nitrogens with one attached hydrogen (secondary N) is 2. The summed E-state index contributed by atoms with van der Waals surface area (Å²) in [5.74, 6) is 1.97. The van der Waals surface area contributed by atoms with Gasteiger partial charge in [-0.3, -0.25) is 0 Å². The maximum Gasteiger partial charge on any atom is 0.229 e. The number of anilines is 3. The number of halogens is 1. The van der Waals surface area contributed by atoms with E-state index in [2.05, 4.69) is 41.0 Å². The molecule has 2 saturated heterocycles. The summed E-state index contributed by atoms with van der Waals surface area (Å²) < 4.78 is 15.7. The molecule has 10 heteroatoms. The van der Waals surface area contributed by atoms with E-state index in [9.17, 15) is 4.39 Å². The maximum atomic E-state index is 14.3. The van der Waals surface area contributed by atoms with Crippen LogP contribution in [0.2, 0.25) is 0 Å². The summed E-state index contributed by atoms with van der Waals surface area (Å²) in [5.41, 5.74) is 0.916. The van der Waals surface area contributed by atoms with Crippen molar-refractivity contribution < 1.29 is 4.39 Å². The summed E-state index contributed by atoms with van der Waals surface area (Å²) in [6.07, 6.45) is 8.23. The molecule has 2 atom stereocenters. The van der Waals surface area contributed by atoms with Crippen molar-refractivity contribution in [2.75, 3.05) is 30.3 Å². The van der Waals surface area contributed by atoms with Crippen LogP contribution in [0.3, 0.4) is 0 Å². The lowest BCUT2D eigenvalue weighted by molar-refractivity contribution is 0.0649. The first kappa shape index (κ1) is 20.7. The molecule has 9 nitrogen and oxygen atoms in total. The summed E-state index contributed by atoms with van der Waals surface area (Å²) in [6.45, 7) is 5.12. The minimum absolute atomic E-state index is 0.265. The van der Waals surface area contributed by atoms with E-state index >= 15 is 0 Å². The third-order valence-electron chi connectivity index (χ3n) is 6.49. The highest BCUT2D eigenvalue weighted by Crippen LogP contribution is 2.31. The highest BCUT2D eigenvalue weighted by atomic mass is 19.1. The molecular weight excluding hydrogens is 409 g/mol. The summed E-state index contributed by atoms with van der Waals surface area (Å²) in [7, 11) is 0. The number of rotatable bonds is 6. The largest absolute Gasteiger partial charge is 0.370 e. The van der Waals surface area contributed by atoms with E-state index in [1.54, 1.807) is 25.3 Å². The van der Waals surface area contributed by atoms with E-state index in [0.29, 0.717) is 29.4 Å². The van der Waals surface area contributed by atoms with Crippen LogP contribution in [0.5, 0.6) is 0 Å². The van der Waals surface area contributed by atoms with Gasteiger partial charge in [-0.2, -0.15) is 9.67 Å². The van der Waals surface area contributed by atoms with Gasteiger partial charge in [-0.15, -0.1) is 5.10 Å². The Kier molecular flexibility index (Phi) is 5.93. The van der Waals surface area contributed by atoms with Crippen molar-refractivity contribution in [3.05, 3.63) is 42.1 Å². The number of benzene rings is 1. The highest BCUT2D eigenvalue weighted by Gasteiger charge is 2.32. The SMILES string of the molecule is Cc1nnnn1-c1cc(Nc2nccc(NC[C@@H]3CCCN4CCCC[C@H]34)n2)ccc1F. The van der Waals surface area contributed by atoms with Crippen molar-refractivity contribution in [2.45, 2.75) is 45.1 Å². The van der Waals surface area contributed by atoms with E-state index in [4.69, 9.17) is 0 Å². The van der Waals surface area contributed by atoms with Crippen molar-refractivity contribution in [3.63, 3.8) is 0 Å². The lowest BCUT2D eigenvalue weighted by atomic mass is 9.83. The highest BCUT2D eigenvalue weighted by molar-refractivity contribution is 5.58. The van der Waals surface area contributed by atoms with Crippen LogP contribution in [0.25, 0.3) is 5.69 Å². The van der Waals surface area contributed by atoms with Gasteiger partial charge in [-0.1, -0.05) is 6.42 Å². The van der Waals surface area contributed by atoms with Gasteiger partial charge in [0.05, 0.1) is 0 Å². The quantitative estimate of drug-likeness (QED) is 0.606. The monoisotopic (exact) mass is 437 g/mol. The second-order valence-electron chi connectivity index (χ2n) is 8.58. The van der Waals surface area contributed by atoms with Crippen molar-refractivity contribution in [2.24, 2.45) is 5.92 Å². The van der Waals surface area contributed by atoms with Gasteiger partial charge in [-0.25, -0.2) is 9.37 Å². The predicted octanol–water partition coefficient (Wildman–Crippen LogP) is 3.32. The summed E-state index contributed by atoms with van der Waals surface area (Å²) >= 11 is 0. The standard InChI is InChI=1S/C22H28FN9/c1-15-28-29-30-32(15)20-13-17(7-8-18(20)23)26-22-24-10-9-21(27-22)25-14-16-5-4-12-31-11-3-2-6-19(16)31/h7-10,13,16,19H,2-6,11-12,14H2,1H3,(H2,24,25,26,27)/t16-,19+/m0/s1. The predicted molar refractivity (Wildman–Crippen MR) is 120 cm³/mol. The third-order valence-corrected chi connectivity index (χ3v) is 6.49. The normalized spacial score (nSPS) is 21.2. The van der Waals surface area contributed by atoms with Crippen LogP contribution in [-0.4, -0.2) is 60.8 Å². The smallest absolute Gasteiger partial charge is 0.229 e. The van der Waals surface area contributed by atoms with Crippen LogP contribution < -0.4 is 10.6 Å². The lowest BCUT2D eigenvalue weighted by Gasteiger charge is -2.44. The molecule has 168 valence electrons. The van der Waals surface area contributed by atoms with Crippen molar-refractivity contribution >= 4 is 17.5 Å². The number of hydrogen-bond donors (Lipinski definition) is 2. The fourth-order valence-electron chi connectivity index (χ4n) is 4.90. The molecule has 32 heavy (non-hydrogen) atoms. The number of nitrogens with zero attached hydrogens (tertiary/aromatic N) is 7. The zero-order valence-corrected chi connectivity index (χ0v) is 18.2. The van der Waals surface area contributed by atoms with E-state index in [-0.39, 0.29) is 5.69 Å². The van der Waals surface area contributed by atoms with Gasteiger partial charge in [0, 0.05) is 24.5 Å². The van der Waals surface area contributed by atoms with Crippen LogP contribution >= 0.6 is 0 Å². The second-order valence-corrected chi connectivity index (χ2v) is 8.58. The van der Waals surface area contributed by atoms with Gasteiger partial charge < -0.3 is 15.5 Å². The fourth-order valence-corrected chi connectivity index (χ4v) is 4.90. The maximum absolute atomic E-state index is 14.3. The molecule has 0 radical (unpaired) electrons. The van der Waals surface area contributed by atoms with Gasteiger partial charge in [0.15, 0.2) is 5.82 Å². The third kappa shape index (κ3) is 4.40. The minimum Gasteiger partial charge on any atom is -0.370 e. The number of aromatic nitrogens is 6. The molecule has 2 fully saturated rings. The van der Waals surface area contributed by atoms with Gasteiger partial charge >= 0.3 is 0 Å². The summed E-state index contributed by atoms with van der Waals surface area (Å²) in [5, 5.41) is 17.9. The Bertz CT molecular complexity index is 1070. The fraction of sp³-hybridized carbons (Fsp3) is 0.500. The Hall–Kier alpha value is -3.14. The molecule has 3 aromatic rings. The summed E-state index contributed by atoms with van der Waals surface area (Å²) in [6, 6.07) is 7.23. The molecule has 2 aliphatic rings. The van der Waals surface area contributed by atoms with Gasteiger partial charge in [0.1, 0.15) is 17.3 Å². The number of hydrogen-bond acceptors (Lipinski definition) is 8. The van der Waals surface area contributed by atoms with Gasteiger partial charge in [0.25, 0.3) is 0 Å². The molecular formula is C22H28FN9. The van der Waals surface area contributed by atoms with E-state index in [0.717, 1.165) is 12.4 Å². The minimum atomic E-state index is -0.411. The number of fused-ring (bicyclic) bond motifs is 1. The van der Waals surface area contributed by atoms with E-state index in [1.165, 1.54) is 55.9 Å². The number of piperidine rings is 2. The Labute approximate surface area is 186 Å². The molecule has 4 heterocycles. The van der Waals surface area contributed by atoms with Crippen molar-refractivity contribution in [3.8, 4) is 5.69 Å². The van der Waals surface area contributed by atoms with Crippen LogP contribution in [0.4, 0.5) is 21.8 Å². The summed E-state index contributed by atoms with van der Waals surface area (Å²) in [4.78, 5) is 11.6. The van der Waals surface area contributed by atoms with Crippen LogP contribution in [0.15, 0.2) is 30.5 Å². The van der Waals surface area contributed by atoms with E-state index in [1.807, 2.05) is 6.07 Å². The van der Waals surface area contributed by atoms with Crippen LogP contribution in [0.1, 0.15) is 37.9 Å². The zero-order valence-electron chi connectivity index (χ0n) is 18.2. The van der Waals surface area contributed by atoms with Crippen LogP contribution in [-0.2, 0) is 0 Å². The Balaban J connectivity index is 1.26. The topological polar surface area (TPSA) is 96.7 Å². The van der Waals surface area contributed by atoms with Crippen molar-refractivity contribution in [1.82, 2.24) is 35.1 Å². The molecule has 1 aromatic carbocycles. The molecule has 0 spiro atoms. The Morgan fingerprint density at radius 3 is 2.91 bits per heavy atom. The molecule has 0 unspecified atom stereocenters. The second kappa shape index (κ2) is 9.15. The first-order chi connectivity index (χ1) is 15.7. The Morgan fingerprint density at radius 1 is 1.12 bits per heavy atom. The molecule has 0 saturated carbocycles. The molecule has 2 aliphatic heterocycles. The van der Waals surface area contributed by atoms with Gasteiger partial charge in [0.2, 0.25) is 5.95 Å². The molecule has 0 aliphatic carbocycles. The molecule has 0 bridgehead atoms. The number of tetrazole rings is 1. The van der Waals surface area contributed by atoms with Gasteiger partial charge in [-0.05, 0) is 86.3 Å². The average Bonchev–Trinajstić information content (AvgIpc) is 3.25. The van der Waals surface area contributed by atoms with Crippen molar-refractivity contribution in [1.29, 1.82) is 0 Å².